The molecule has 1 aromatic rings. The molecule has 3 N–H and O–H groups in total. The van der Waals surface area contributed by atoms with Crippen LogP contribution in [0.2, 0.25) is 0 Å². The number of pyridine rings is 1. The van der Waals surface area contributed by atoms with Gasteiger partial charge in [-0.05, 0) is 35.8 Å². The van der Waals surface area contributed by atoms with Gasteiger partial charge in [0.1, 0.15) is 0 Å². The van der Waals surface area contributed by atoms with Crippen LogP contribution in [-0.2, 0) is 7.05 Å². The Kier molecular flexibility index (Phi) is 4.53. The zero-order valence-electron chi connectivity index (χ0n) is 10.5. The van der Waals surface area contributed by atoms with Crippen molar-refractivity contribution in [2.24, 2.45) is 7.05 Å². The summed E-state index contributed by atoms with van der Waals surface area (Å²) in [5, 5.41) is 14.2. The summed E-state index contributed by atoms with van der Waals surface area (Å²) in [4.78, 5) is 23.1. The molecule has 0 bridgehead atoms. The van der Waals surface area contributed by atoms with Gasteiger partial charge >= 0.3 is 6.03 Å². The number of aromatic nitrogens is 1. The number of carbonyl (C=O) groups is 1. The van der Waals surface area contributed by atoms with Crippen molar-refractivity contribution in [3.05, 3.63) is 27.1 Å². The van der Waals surface area contributed by atoms with Crippen LogP contribution in [0.4, 0.5) is 10.5 Å². The highest BCUT2D eigenvalue weighted by Gasteiger charge is 2.19. The van der Waals surface area contributed by atoms with E-state index in [9.17, 15) is 9.59 Å². The highest BCUT2D eigenvalue weighted by atomic mass is 79.9. The van der Waals surface area contributed by atoms with E-state index < -0.39 is 11.6 Å². The number of aryl methyl sites for hydroxylation is 1. The third-order valence-electron chi connectivity index (χ3n) is 2.24. The monoisotopic (exact) mass is 317 g/mol. The van der Waals surface area contributed by atoms with Crippen LogP contribution in [0.15, 0.2) is 21.5 Å². The Bertz CT molecular complexity index is 484. The second-order valence-corrected chi connectivity index (χ2v) is 5.47. The van der Waals surface area contributed by atoms with Crippen LogP contribution in [0.5, 0.6) is 0 Å². The Morgan fingerprint density at radius 3 is 2.67 bits per heavy atom. The average molecular weight is 318 g/mol. The van der Waals surface area contributed by atoms with Gasteiger partial charge in [-0.1, -0.05) is 0 Å². The van der Waals surface area contributed by atoms with E-state index >= 15 is 0 Å². The fourth-order valence-electron chi connectivity index (χ4n) is 1.25. The van der Waals surface area contributed by atoms with Crippen LogP contribution in [0.25, 0.3) is 0 Å². The number of hydrogen-bond acceptors (Lipinski definition) is 3. The Hall–Kier alpha value is -1.34. The zero-order valence-corrected chi connectivity index (χ0v) is 12.0. The number of anilines is 1. The summed E-state index contributed by atoms with van der Waals surface area (Å²) < 4.78 is 1.72. The third-order valence-corrected chi connectivity index (χ3v) is 2.81. The van der Waals surface area contributed by atoms with E-state index in [4.69, 9.17) is 5.11 Å². The molecule has 0 fully saturated rings. The summed E-state index contributed by atoms with van der Waals surface area (Å²) in [5.74, 6) is 0. The van der Waals surface area contributed by atoms with Crippen molar-refractivity contribution in [2.45, 2.75) is 19.4 Å². The first-order valence-corrected chi connectivity index (χ1v) is 6.11. The topological polar surface area (TPSA) is 83.4 Å². The normalized spacial score (nSPS) is 11.2. The molecule has 0 aromatic carbocycles. The van der Waals surface area contributed by atoms with Crippen molar-refractivity contribution >= 4 is 27.6 Å². The lowest BCUT2D eigenvalue weighted by molar-refractivity contribution is 0.187. The summed E-state index contributed by atoms with van der Waals surface area (Å²) in [5.41, 5.74) is -0.408. The maximum atomic E-state index is 11.7. The molecule has 0 aliphatic heterocycles. The molecule has 0 aliphatic carbocycles. The minimum absolute atomic E-state index is 0.169. The largest absolute Gasteiger partial charge is 0.394 e. The Morgan fingerprint density at radius 1 is 1.56 bits per heavy atom. The molecule has 1 heterocycles. The molecule has 1 rings (SSSR count). The maximum absolute atomic E-state index is 11.7. The number of nitrogens with one attached hydrogen (secondary N) is 2. The van der Waals surface area contributed by atoms with E-state index in [1.54, 1.807) is 20.9 Å². The fourth-order valence-corrected chi connectivity index (χ4v) is 1.78. The van der Waals surface area contributed by atoms with Crippen molar-refractivity contribution in [1.29, 1.82) is 0 Å². The van der Waals surface area contributed by atoms with Gasteiger partial charge in [0.05, 0.1) is 22.3 Å². The minimum atomic E-state index is -0.706. The Morgan fingerprint density at radius 2 is 2.17 bits per heavy atom. The van der Waals surface area contributed by atoms with Gasteiger partial charge in [-0.15, -0.1) is 0 Å². The summed E-state index contributed by atoms with van der Waals surface area (Å²) in [7, 11) is 1.59. The Labute approximate surface area is 113 Å². The molecule has 18 heavy (non-hydrogen) atoms. The van der Waals surface area contributed by atoms with E-state index in [1.807, 2.05) is 0 Å². The smallest absolute Gasteiger partial charge is 0.319 e. The van der Waals surface area contributed by atoms with Crippen molar-refractivity contribution in [3.8, 4) is 0 Å². The number of amides is 2. The van der Waals surface area contributed by atoms with E-state index in [1.165, 1.54) is 16.8 Å². The molecular weight excluding hydrogens is 302 g/mol. The van der Waals surface area contributed by atoms with Crippen molar-refractivity contribution < 1.29 is 9.90 Å². The number of carbonyl (C=O) groups excluding carboxylic acids is 1. The number of halogens is 1. The lowest BCUT2D eigenvalue weighted by atomic mass is 10.1. The Balaban J connectivity index is 2.80. The lowest BCUT2D eigenvalue weighted by Gasteiger charge is -2.23. The number of aliphatic hydroxyl groups excluding tert-OH is 1. The van der Waals surface area contributed by atoms with Gasteiger partial charge in [0.25, 0.3) is 5.56 Å². The van der Waals surface area contributed by atoms with Crippen molar-refractivity contribution in [1.82, 2.24) is 9.88 Å². The van der Waals surface area contributed by atoms with Gasteiger partial charge in [-0.2, -0.15) is 0 Å². The van der Waals surface area contributed by atoms with Gasteiger partial charge in [-0.25, -0.2) is 4.79 Å². The molecule has 2 amide bonds. The van der Waals surface area contributed by atoms with Gasteiger partial charge in [0.2, 0.25) is 0 Å². The molecule has 0 spiro atoms. The van der Waals surface area contributed by atoms with Crippen LogP contribution in [0.3, 0.4) is 0 Å². The molecule has 0 saturated carbocycles. The number of hydrogen-bond donors (Lipinski definition) is 3. The molecule has 0 unspecified atom stereocenters. The molecule has 6 nitrogen and oxygen atoms in total. The second-order valence-electron chi connectivity index (χ2n) is 4.61. The zero-order chi connectivity index (χ0) is 13.9. The highest BCUT2D eigenvalue weighted by molar-refractivity contribution is 9.10. The maximum Gasteiger partial charge on any atom is 0.319 e. The molecule has 7 heteroatoms. The summed E-state index contributed by atoms with van der Waals surface area (Å²) in [6.07, 6.45) is 1.51. The molecule has 0 atom stereocenters. The van der Waals surface area contributed by atoms with E-state index in [2.05, 4.69) is 26.6 Å². The number of urea groups is 1. The van der Waals surface area contributed by atoms with Crippen molar-refractivity contribution in [3.63, 3.8) is 0 Å². The summed E-state index contributed by atoms with van der Waals surface area (Å²) in [6.45, 7) is 3.23. The first kappa shape index (κ1) is 14.7. The van der Waals surface area contributed by atoms with Crippen LogP contribution in [-0.4, -0.2) is 27.9 Å². The van der Waals surface area contributed by atoms with Crippen LogP contribution >= 0.6 is 15.9 Å². The molecule has 0 radical (unpaired) electrons. The molecule has 0 saturated heterocycles. The van der Waals surface area contributed by atoms with Gasteiger partial charge < -0.3 is 20.3 Å². The number of nitrogens with zero attached hydrogens (tertiary/aromatic N) is 1. The average Bonchev–Trinajstić information content (AvgIpc) is 2.25. The van der Waals surface area contributed by atoms with E-state index in [0.29, 0.717) is 10.2 Å². The predicted molar refractivity (Wildman–Crippen MR) is 72.7 cm³/mol. The quantitative estimate of drug-likeness (QED) is 0.779. The second kappa shape index (κ2) is 5.53. The van der Waals surface area contributed by atoms with Crippen molar-refractivity contribution in [2.75, 3.05) is 11.9 Å². The predicted octanol–water partition coefficient (Wildman–Crippen LogP) is 1.04. The number of rotatable bonds is 3. The standard InChI is InChI=1S/C11H16BrN3O3/c1-11(2,6-16)14-10(18)13-7-4-8(12)9(17)15(3)5-7/h4-5,16H,6H2,1-3H3,(H2,13,14,18). The van der Waals surface area contributed by atoms with Gasteiger partial charge in [0.15, 0.2) is 0 Å². The van der Waals surface area contributed by atoms with Crippen LogP contribution < -0.4 is 16.2 Å². The highest BCUT2D eigenvalue weighted by Crippen LogP contribution is 2.11. The van der Waals surface area contributed by atoms with Crippen LogP contribution in [0, 0.1) is 0 Å². The summed E-state index contributed by atoms with van der Waals surface area (Å²) >= 11 is 3.12. The number of aliphatic hydroxyl groups is 1. The van der Waals surface area contributed by atoms with Gasteiger partial charge in [0, 0.05) is 13.2 Å². The van der Waals surface area contributed by atoms with Gasteiger partial charge in [-0.3, -0.25) is 4.79 Å². The van der Waals surface area contributed by atoms with E-state index in [0.717, 1.165) is 0 Å². The lowest BCUT2D eigenvalue weighted by Crippen LogP contribution is -2.48. The fraction of sp³-hybridized carbons (Fsp3) is 0.455. The third kappa shape index (κ3) is 3.85. The van der Waals surface area contributed by atoms with Crippen LogP contribution in [0.1, 0.15) is 13.8 Å². The SMILES string of the molecule is Cn1cc(NC(=O)NC(C)(C)CO)cc(Br)c1=O. The molecule has 0 aliphatic rings. The first-order chi connectivity index (χ1) is 8.25. The first-order valence-electron chi connectivity index (χ1n) is 5.31. The van der Waals surface area contributed by atoms with E-state index in [-0.39, 0.29) is 12.2 Å². The molecular formula is C11H16BrN3O3. The molecule has 1 aromatic heterocycles. The minimum Gasteiger partial charge on any atom is -0.394 e. The summed E-state index contributed by atoms with van der Waals surface area (Å²) in [6, 6.07) is 1.08. The molecule has 100 valence electrons.